The van der Waals surface area contributed by atoms with Gasteiger partial charge in [-0.15, -0.1) is 0 Å². The van der Waals surface area contributed by atoms with Crippen LogP contribution in [0.3, 0.4) is 0 Å². The minimum absolute atomic E-state index is 0.105. The first-order valence-electron chi connectivity index (χ1n) is 3.20. The van der Waals surface area contributed by atoms with Crippen LogP contribution in [0.25, 0.3) is 11.1 Å². The molecule has 0 bridgehead atoms. The molecule has 0 aliphatic heterocycles. The van der Waals surface area contributed by atoms with Gasteiger partial charge in [0, 0.05) is 12.3 Å². The Hall–Kier alpha value is -1.64. The van der Waals surface area contributed by atoms with Crippen LogP contribution in [0.15, 0.2) is 39.9 Å². The molecule has 3 nitrogen and oxygen atoms in total. The van der Waals surface area contributed by atoms with Crippen LogP contribution in [-0.4, -0.2) is 4.98 Å². The zero-order valence-electron chi connectivity index (χ0n) is 5.65. The number of rotatable bonds is 0. The highest BCUT2D eigenvalue weighted by Crippen LogP contribution is 2.03. The number of aromatic nitrogens is 1. The van der Waals surface area contributed by atoms with E-state index < -0.39 is 0 Å². The molecule has 0 atom stereocenters. The summed E-state index contributed by atoms with van der Waals surface area (Å²) in [6.07, 6.45) is 2.94. The van der Waals surface area contributed by atoms with Crippen molar-refractivity contribution in [3.05, 3.63) is 40.9 Å². The third kappa shape index (κ3) is 0.902. The van der Waals surface area contributed by atoms with Gasteiger partial charge in [0.15, 0.2) is 11.1 Å². The van der Waals surface area contributed by atoms with Crippen molar-refractivity contribution in [1.82, 2.24) is 4.98 Å². The molecule has 0 unspecified atom stereocenters. The minimum Gasteiger partial charge on any atom is -0.462 e. The van der Waals surface area contributed by atoms with Crippen LogP contribution in [0, 0.1) is 0 Å². The van der Waals surface area contributed by atoms with Crippen LogP contribution in [0.5, 0.6) is 0 Å². The first-order valence-corrected chi connectivity index (χ1v) is 3.20. The lowest BCUT2D eigenvalue weighted by Gasteiger charge is -1.90. The Morgan fingerprint density at radius 3 is 3.09 bits per heavy atom. The normalized spacial score (nSPS) is 10.2. The standard InChI is InChI=1S/C8H5NO2/c10-6-3-5-11-7-2-1-4-9-8(6)7/h1-5H. The summed E-state index contributed by atoms with van der Waals surface area (Å²) >= 11 is 0. The van der Waals surface area contributed by atoms with Crippen molar-refractivity contribution in [2.75, 3.05) is 0 Å². The van der Waals surface area contributed by atoms with E-state index in [4.69, 9.17) is 4.42 Å². The molecule has 0 aliphatic carbocycles. The maximum Gasteiger partial charge on any atom is 0.211 e. The fourth-order valence-corrected chi connectivity index (χ4v) is 0.919. The van der Waals surface area contributed by atoms with Crippen molar-refractivity contribution in [3.8, 4) is 0 Å². The number of pyridine rings is 1. The van der Waals surface area contributed by atoms with Crippen LogP contribution < -0.4 is 5.43 Å². The molecule has 2 aromatic heterocycles. The average molecular weight is 147 g/mol. The third-order valence-electron chi connectivity index (χ3n) is 1.42. The van der Waals surface area contributed by atoms with Crippen molar-refractivity contribution in [2.24, 2.45) is 0 Å². The molecule has 2 rings (SSSR count). The summed E-state index contributed by atoms with van der Waals surface area (Å²) in [5.74, 6) is 0. The quantitative estimate of drug-likeness (QED) is 0.562. The van der Waals surface area contributed by atoms with Gasteiger partial charge in [-0.05, 0) is 12.1 Å². The molecular weight excluding hydrogens is 142 g/mol. The molecule has 0 fully saturated rings. The Balaban J connectivity index is 3.03. The third-order valence-corrected chi connectivity index (χ3v) is 1.42. The second-order valence-electron chi connectivity index (χ2n) is 2.13. The van der Waals surface area contributed by atoms with E-state index in [1.54, 1.807) is 18.3 Å². The highest BCUT2D eigenvalue weighted by Gasteiger charge is 1.96. The average Bonchev–Trinajstić information content (AvgIpc) is 2.06. The zero-order chi connectivity index (χ0) is 7.68. The van der Waals surface area contributed by atoms with Gasteiger partial charge in [0.1, 0.15) is 0 Å². The number of fused-ring (bicyclic) bond motifs is 1. The largest absolute Gasteiger partial charge is 0.462 e. The molecule has 2 aromatic rings. The second-order valence-corrected chi connectivity index (χ2v) is 2.13. The molecule has 0 spiro atoms. The van der Waals surface area contributed by atoms with E-state index in [9.17, 15) is 4.79 Å². The molecule has 0 saturated heterocycles. The summed E-state index contributed by atoms with van der Waals surface area (Å²) in [5.41, 5.74) is 0.807. The van der Waals surface area contributed by atoms with Gasteiger partial charge in [0.25, 0.3) is 0 Å². The molecular formula is C8H5NO2. The molecule has 0 aromatic carbocycles. The van der Waals surface area contributed by atoms with E-state index in [2.05, 4.69) is 4.98 Å². The van der Waals surface area contributed by atoms with Gasteiger partial charge < -0.3 is 4.42 Å². The lowest BCUT2D eigenvalue weighted by molar-refractivity contribution is 0.601. The molecule has 0 radical (unpaired) electrons. The molecule has 0 saturated carbocycles. The van der Waals surface area contributed by atoms with Crippen molar-refractivity contribution >= 4 is 11.1 Å². The summed E-state index contributed by atoms with van der Waals surface area (Å²) in [6.45, 7) is 0. The first-order chi connectivity index (χ1) is 5.38. The molecule has 0 N–H and O–H groups in total. The molecule has 54 valence electrons. The summed E-state index contributed by atoms with van der Waals surface area (Å²) in [7, 11) is 0. The molecule has 3 heteroatoms. The van der Waals surface area contributed by atoms with E-state index in [0.717, 1.165) is 0 Å². The van der Waals surface area contributed by atoms with E-state index in [-0.39, 0.29) is 5.43 Å². The van der Waals surface area contributed by atoms with Crippen LogP contribution in [0.4, 0.5) is 0 Å². The van der Waals surface area contributed by atoms with Crippen LogP contribution >= 0.6 is 0 Å². The number of hydrogen-bond donors (Lipinski definition) is 0. The summed E-state index contributed by atoms with van der Waals surface area (Å²) < 4.78 is 5.03. The first kappa shape index (κ1) is 6.09. The molecule has 0 aliphatic rings. The van der Waals surface area contributed by atoms with E-state index in [1.807, 2.05) is 0 Å². The van der Waals surface area contributed by atoms with E-state index >= 15 is 0 Å². The van der Waals surface area contributed by atoms with E-state index in [0.29, 0.717) is 11.1 Å². The van der Waals surface area contributed by atoms with Crippen LogP contribution in [0.2, 0.25) is 0 Å². The van der Waals surface area contributed by atoms with Crippen molar-refractivity contribution in [3.63, 3.8) is 0 Å². The monoisotopic (exact) mass is 147 g/mol. The maximum absolute atomic E-state index is 11.1. The Labute approximate surface area is 62.3 Å². The van der Waals surface area contributed by atoms with Gasteiger partial charge in [-0.25, -0.2) is 4.98 Å². The predicted molar refractivity (Wildman–Crippen MR) is 40.3 cm³/mol. The van der Waals surface area contributed by atoms with Crippen LogP contribution in [-0.2, 0) is 0 Å². The lowest BCUT2D eigenvalue weighted by Crippen LogP contribution is -1.99. The topological polar surface area (TPSA) is 43.1 Å². The SMILES string of the molecule is O=c1ccoc2cccnc12. The minimum atomic E-state index is -0.105. The Bertz CT molecular complexity index is 428. The molecule has 0 amide bonds. The lowest BCUT2D eigenvalue weighted by atomic mass is 10.3. The second kappa shape index (κ2) is 2.20. The van der Waals surface area contributed by atoms with Gasteiger partial charge >= 0.3 is 0 Å². The maximum atomic E-state index is 11.1. The van der Waals surface area contributed by atoms with Crippen LogP contribution in [0.1, 0.15) is 0 Å². The zero-order valence-corrected chi connectivity index (χ0v) is 5.65. The van der Waals surface area contributed by atoms with Gasteiger partial charge in [0.2, 0.25) is 5.43 Å². The Morgan fingerprint density at radius 2 is 2.27 bits per heavy atom. The number of nitrogens with zero attached hydrogens (tertiary/aromatic N) is 1. The van der Waals surface area contributed by atoms with E-state index in [1.165, 1.54) is 12.3 Å². The van der Waals surface area contributed by atoms with Crippen molar-refractivity contribution in [1.29, 1.82) is 0 Å². The predicted octanol–water partition coefficient (Wildman–Crippen LogP) is 1.19. The molecule has 11 heavy (non-hydrogen) atoms. The van der Waals surface area contributed by atoms with Gasteiger partial charge in [0.05, 0.1) is 6.26 Å². The van der Waals surface area contributed by atoms with Crippen molar-refractivity contribution in [2.45, 2.75) is 0 Å². The number of hydrogen-bond acceptors (Lipinski definition) is 3. The fraction of sp³-hybridized carbons (Fsp3) is 0. The Kier molecular flexibility index (Phi) is 1.22. The highest BCUT2D eigenvalue weighted by molar-refractivity contribution is 5.70. The smallest absolute Gasteiger partial charge is 0.211 e. The van der Waals surface area contributed by atoms with Gasteiger partial charge in [-0.1, -0.05) is 0 Å². The van der Waals surface area contributed by atoms with Gasteiger partial charge in [-0.3, -0.25) is 4.79 Å². The Morgan fingerprint density at radius 1 is 1.36 bits per heavy atom. The summed E-state index contributed by atoms with van der Waals surface area (Å²) in [4.78, 5) is 14.9. The summed E-state index contributed by atoms with van der Waals surface area (Å²) in [6, 6.07) is 4.80. The highest BCUT2D eigenvalue weighted by atomic mass is 16.3. The summed E-state index contributed by atoms with van der Waals surface area (Å²) in [5, 5.41) is 0. The fourth-order valence-electron chi connectivity index (χ4n) is 0.919. The van der Waals surface area contributed by atoms with Gasteiger partial charge in [-0.2, -0.15) is 0 Å². The van der Waals surface area contributed by atoms with Crippen molar-refractivity contribution < 1.29 is 4.42 Å². The molecule has 2 heterocycles.